The zero-order valence-corrected chi connectivity index (χ0v) is 7.49. The van der Waals surface area contributed by atoms with E-state index in [9.17, 15) is 0 Å². The molecule has 0 radical (unpaired) electrons. The Labute approximate surface area is 68.1 Å². The summed E-state index contributed by atoms with van der Waals surface area (Å²) >= 11 is 5.83. The van der Waals surface area contributed by atoms with Crippen LogP contribution in [0.15, 0.2) is 0 Å². The second-order valence-electron chi connectivity index (χ2n) is 3.24. The van der Waals surface area contributed by atoms with E-state index in [1.807, 2.05) is 0 Å². The molecule has 0 saturated heterocycles. The van der Waals surface area contributed by atoms with E-state index >= 15 is 0 Å². The third kappa shape index (κ3) is 2.14. The molecular weight excluding hydrogens is 146 g/mol. The quantitative estimate of drug-likeness (QED) is 0.626. The van der Waals surface area contributed by atoms with Crippen molar-refractivity contribution in [2.45, 2.75) is 50.6 Å². The van der Waals surface area contributed by atoms with Crippen molar-refractivity contribution in [3.8, 4) is 0 Å². The first-order valence-electron chi connectivity index (χ1n) is 4.12. The summed E-state index contributed by atoms with van der Waals surface area (Å²) in [5, 5.41) is 3.96. The largest absolute Gasteiger partial charge is 0.311 e. The van der Waals surface area contributed by atoms with Gasteiger partial charge in [0, 0.05) is 17.5 Å². The summed E-state index contributed by atoms with van der Waals surface area (Å²) in [6, 6.07) is 1.37. The third-order valence-electron chi connectivity index (χ3n) is 2.21. The summed E-state index contributed by atoms with van der Waals surface area (Å²) in [5.41, 5.74) is 0. The van der Waals surface area contributed by atoms with Crippen molar-refractivity contribution in [2.75, 3.05) is 0 Å². The lowest BCUT2D eigenvalue weighted by Gasteiger charge is -2.33. The van der Waals surface area contributed by atoms with E-state index in [2.05, 4.69) is 19.2 Å². The molecule has 1 rings (SSSR count). The predicted octanol–water partition coefficient (Wildman–Crippen LogP) is 2.14. The Kier molecular flexibility index (Phi) is 2.99. The lowest BCUT2D eigenvalue weighted by molar-refractivity contribution is 0.313. The van der Waals surface area contributed by atoms with Gasteiger partial charge in [0.25, 0.3) is 0 Å². The first-order chi connectivity index (χ1) is 4.72. The SMILES string of the molecule is CCC(C)NC1CC(Cl)C1. The van der Waals surface area contributed by atoms with Gasteiger partial charge in [-0.25, -0.2) is 0 Å². The topological polar surface area (TPSA) is 12.0 Å². The Morgan fingerprint density at radius 3 is 2.60 bits per heavy atom. The highest BCUT2D eigenvalue weighted by Crippen LogP contribution is 2.25. The maximum atomic E-state index is 5.83. The second kappa shape index (κ2) is 3.59. The van der Waals surface area contributed by atoms with Crippen LogP contribution in [0.2, 0.25) is 0 Å². The van der Waals surface area contributed by atoms with Crippen LogP contribution in [0, 0.1) is 0 Å². The van der Waals surface area contributed by atoms with E-state index in [1.165, 1.54) is 6.42 Å². The monoisotopic (exact) mass is 161 g/mol. The molecule has 0 amide bonds. The number of hydrogen-bond acceptors (Lipinski definition) is 1. The van der Waals surface area contributed by atoms with Crippen LogP contribution in [0.4, 0.5) is 0 Å². The molecule has 0 heterocycles. The van der Waals surface area contributed by atoms with E-state index in [0.29, 0.717) is 17.5 Å². The van der Waals surface area contributed by atoms with Gasteiger partial charge in [0.15, 0.2) is 0 Å². The number of alkyl halides is 1. The van der Waals surface area contributed by atoms with E-state index < -0.39 is 0 Å². The summed E-state index contributed by atoms with van der Waals surface area (Å²) in [4.78, 5) is 0. The molecule has 60 valence electrons. The third-order valence-corrected chi connectivity index (χ3v) is 2.57. The van der Waals surface area contributed by atoms with Gasteiger partial charge in [-0.15, -0.1) is 11.6 Å². The normalized spacial score (nSPS) is 35.1. The molecule has 2 heteroatoms. The molecule has 10 heavy (non-hydrogen) atoms. The molecule has 1 unspecified atom stereocenters. The Hall–Kier alpha value is 0.250. The molecule has 0 bridgehead atoms. The molecule has 1 fully saturated rings. The van der Waals surface area contributed by atoms with Crippen LogP contribution < -0.4 is 5.32 Å². The molecule has 1 atom stereocenters. The first-order valence-corrected chi connectivity index (χ1v) is 4.56. The van der Waals surface area contributed by atoms with Crippen LogP contribution in [-0.2, 0) is 0 Å². The minimum atomic E-state index is 0.446. The fraction of sp³-hybridized carbons (Fsp3) is 1.00. The van der Waals surface area contributed by atoms with Crippen molar-refractivity contribution in [1.29, 1.82) is 0 Å². The van der Waals surface area contributed by atoms with Crippen molar-refractivity contribution in [3.63, 3.8) is 0 Å². The average molecular weight is 162 g/mol. The van der Waals surface area contributed by atoms with Crippen LogP contribution in [0.5, 0.6) is 0 Å². The van der Waals surface area contributed by atoms with Crippen molar-refractivity contribution < 1.29 is 0 Å². The van der Waals surface area contributed by atoms with Crippen molar-refractivity contribution in [3.05, 3.63) is 0 Å². The first kappa shape index (κ1) is 8.35. The molecule has 1 aliphatic carbocycles. The minimum Gasteiger partial charge on any atom is -0.311 e. The van der Waals surface area contributed by atoms with Crippen LogP contribution >= 0.6 is 11.6 Å². The fourth-order valence-corrected chi connectivity index (χ4v) is 1.63. The smallest absolute Gasteiger partial charge is 0.0365 e. The van der Waals surface area contributed by atoms with E-state index in [0.717, 1.165) is 12.8 Å². The Morgan fingerprint density at radius 2 is 2.20 bits per heavy atom. The Balaban J connectivity index is 2.04. The van der Waals surface area contributed by atoms with Crippen LogP contribution in [0.3, 0.4) is 0 Å². The zero-order chi connectivity index (χ0) is 7.56. The predicted molar refractivity (Wildman–Crippen MR) is 45.6 cm³/mol. The molecule has 0 spiro atoms. The van der Waals surface area contributed by atoms with Gasteiger partial charge >= 0.3 is 0 Å². The van der Waals surface area contributed by atoms with Crippen molar-refractivity contribution >= 4 is 11.6 Å². The van der Waals surface area contributed by atoms with Gasteiger partial charge < -0.3 is 5.32 Å². The molecule has 0 aromatic carbocycles. The standard InChI is InChI=1S/C8H16ClN/c1-3-6(2)10-8-4-7(9)5-8/h6-8,10H,3-5H2,1-2H3. The van der Waals surface area contributed by atoms with E-state index in [-0.39, 0.29) is 0 Å². The number of nitrogens with one attached hydrogen (secondary N) is 1. The summed E-state index contributed by atoms with van der Waals surface area (Å²) < 4.78 is 0. The van der Waals surface area contributed by atoms with Crippen molar-refractivity contribution in [1.82, 2.24) is 5.32 Å². The molecule has 0 aromatic heterocycles. The van der Waals surface area contributed by atoms with Gasteiger partial charge in [-0.05, 0) is 26.2 Å². The summed E-state index contributed by atoms with van der Waals surface area (Å²) in [6.45, 7) is 4.43. The van der Waals surface area contributed by atoms with Crippen LogP contribution in [0.25, 0.3) is 0 Å². The zero-order valence-electron chi connectivity index (χ0n) is 6.73. The second-order valence-corrected chi connectivity index (χ2v) is 3.86. The van der Waals surface area contributed by atoms with Gasteiger partial charge in [0.1, 0.15) is 0 Å². The van der Waals surface area contributed by atoms with Gasteiger partial charge in [-0.3, -0.25) is 0 Å². The Morgan fingerprint density at radius 1 is 1.60 bits per heavy atom. The minimum absolute atomic E-state index is 0.446. The summed E-state index contributed by atoms with van der Waals surface area (Å²) in [5.74, 6) is 0. The highest BCUT2D eigenvalue weighted by molar-refractivity contribution is 6.21. The molecular formula is C8H16ClN. The maximum Gasteiger partial charge on any atom is 0.0365 e. The van der Waals surface area contributed by atoms with Gasteiger partial charge in [-0.1, -0.05) is 6.92 Å². The summed E-state index contributed by atoms with van der Waals surface area (Å²) in [6.07, 6.45) is 3.53. The molecule has 1 saturated carbocycles. The lowest BCUT2D eigenvalue weighted by Crippen LogP contribution is -2.45. The van der Waals surface area contributed by atoms with Gasteiger partial charge in [-0.2, -0.15) is 0 Å². The van der Waals surface area contributed by atoms with Crippen LogP contribution in [0.1, 0.15) is 33.1 Å². The number of halogens is 1. The lowest BCUT2D eigenvalue weighted by atomic mass is 9.91. The highest BCUT2D eigenvalue weighted by Gasteiger charge is 2.27. The molecule has 0 aromatic rings. The van der Waals surface area contributed by atoms with Crippen LogP contribution in [-0.4, -0.2) is 17.5 Å². The molecule has 1 aliphatic rings. The molecule has 1 N–H and O–H groups in total. The maximum absolute atomic E-state index is 5.83. The summed E-state index contributed by atoms with van der Waals surface area (Å²) in [7, 11) is 0. The van der Waals surface area contributed by atoms with Gasteiger partial charge in [0.2, 0.25) is 0 Å². The number of rotatable bonds is 3. The van der Waals surface area contributed by atoms with E-state index in [4.69, 9.17) is 11.6 Å². The molecule has 0 aliphatic heterocycles. The van der Waals surface area contributed by atoms with E-state index in [1.54, 1.807) is 0 Å². The molecule has 1 nitrogen and oxygen atoms in total. The average Bonchev–Trinajstić information content (AvgIpc) is 1.84. The fourth-order valence-electron chi connectivity index (χ4n) is 1.20. The Bertz CT molecular complexity index is 99.4. The number of hydrogen-bond donors (Lipinski definition) is 1. The highest BCUT2D eigenvalue weighted by atomic mass is 35.5. The van der Waals surface area contributed by atoms with Gasteiger partial charge in [0.05, 0.1) is 0 Å². The van der Waals surface area contributed by atoms with Crippen molar-refractivity contribution in [2.24, 2.45) is 0 Å².